The minimum Gasteiger partial charge on any atom is -0.309 e. The smallest absolute Gasteiger partial charge is 0.160 e. The summed E-state index contributed by atoms with van der Waals surface area (Å²) in [4.78, 5) is 10.7. The first-order valence-electron chi connectivity index (χ1n) is 22.7. The van der Waals surface area contributed by atoms with E-state index in [2.05, 4.69) is 247 Å². The average Bonchev–Trinajstić information content (AvgIpc) is 3.90. The van der Waals surface area contributed by atoms with Crippen molar-refractivity contribution in [2.45, 2.75) is 5.41 Å². The Morgan fingerprint density at radius 2 is 0.848 bits per heavy atom. The number of para-hydroxylation sites is 2. The van der Waals surface area contributed by atoms with Crippen LogP contribution in [0.25, 0.3) is 94.4 Å². The van der Waals surface area contributed by atoms with Gasteiger partial charge in [-0.1, -0.05) is 212 Å². The van der Waals surface area contributed by atoms with Crippen molar-refractivity contribution in [3.63, 3.8) is 0 Å². The molecule has 0 atom stereocenters. The molecule has 0 saturated carbocycles. The summed E-state index contributed by atoms with van der Waals surface area (Å²) in [6.45, 7) is 0. The van der Waals surface area contributed by atoms with Crippen LogP contribution in [0.3, 0.4) is 0 Å². The van der Waals surface area contributed by atoms with Crippen LogP contribution in [0.1, 0.15) is 22.3 Å². The maximum absolute atomic E-state index is 5.38. The van der Waals surface area contributed by atoms with Crippen LogP contribution in [0.15, 0.2) is 249 Å². The molecule has 0 fully saturated rings. The van der Waals surface area contributed by atoms with Gasteiger partial charge in [0, 0.05) is 33.2 Å². The number of benzene rings is 10. The quantitative estimate of drug-likeness (QED) is 0.160. The Hall–Kier alpha value is -8.66. The summed E-state index contributed by atoms with van der Waals surface area (Å²) in [5.41, 5.74) is 17.9. The third-order valence-electron chi connectivity index (χ3n) is 13.7. The van der Waals surface area contributed by atoms with Gasteiger partial charge in [0.15, 0.2) is 5.82 Å². The van der Waals surface area contributed by atoms with Gasteiger partial charge in [0.25, 0.3) is 0 Å². The minimum absolute atomic E-state index is 0.444. The lowest BCUT2D eigenvalue weighted by molar-refractivity contribution is 0.768. The van der Waals surface area contributed by atoms with Crippen LogP contribution in [0.2, 0.25) is 0 Å². The van der Waals surface area contributed by atoms with Gasteiger partial charge in [0.2, 0.25) is 0 Å². The van der Waals surface area contributed by atoms with E-state index in [1.54, 1.807) is 0 Å². The lowest BCUT2D eigenvalue weighted by Gasteiger charge is -2.33. The molecule has 2 heterocycles. The van der Waals surface area contributed by atoms with Crippen molar-refractivity contribution >= 4 is 32.6 Å². The van der Waals surface area contributed by atoms with E-state index in [9.17, 15) is 0 Å². The third-order valence-corrected chi connectivity index (χ3v) is 13.7. The van der Waals surface area contributed by atoms with Crippen LogP contribution < -0.4 is 0 Å². The van der Waals surface area contributed by atoms with Crippen molar-refractivity contribution in [1.29, 1.82) is 0 Å². The molecule has 10 aromatic carbocycles. The topological polar surface area (TPSA) is 30.7 Å². The molecule has 2 aromatic heterocycles. The molecule has 13 rings (SSSR count). The predicted octanol–water partition coefficient (Wildman–Crippen LogP) is 15.8. The number of hydrogen-bond acceptors (Lipinski definition) is 2. The summed E-state index contributed by atoms with van der Waals surface area (Å²) in [5, 5.41) is 4.67. The van der Waals surface area contributed by atoms with Gasteiger partial charge in [-0.3, -0.25) is 0 Å². The maximum atomic E-state index is 5.38. The van der Waals surface area contributed by atoms with Crippen molar-refractivity contribution in [3.05, 3.63) is 271 Å². The van der Waals surface area contributed by atoms with E-state index >= 15 is 0 Å². The van der Waals surface area contributed by atoms with Gasteiger partial charge in [0.05, 0.1) is 27.8 Å². The lowest BCUT2D eigenvalue weighted by Crippen LogP contribution is -2.28. The molecule has 0 amide bonds. The first-order valence-corrected chi connectivity index (χ1v) is 22.7. The normalized spacial score (nSPS) is 12.7. The Kier molecular flexibility index (Phi) is 8.75. The summed E-state index contributed by atoms with van der Waals surface area (Å²) >= 11 is 0. The van der Waals surface area contributed by atoms with Gasteiger partial charge >= 0.3 is 0 Å². The molecule has 3 heteroatoms. The second-order valence-electron chi connectivity index (χ2n) is 17.2. The van der Waals surface area contributed by atoms with Crippen LogP contribution in [-0.4, -0.2) is 14.5 Å². The molecule has 0 radical (unpaired) electrons. The summed E-state index contributed by atoms with van der Waals surface area (Å²) in [6.07, 6.45) is 0. The van der Waals surface area contributed by atoms with Crippen molar-refractivity contribution in [2.24, 2.45) is 0 Å². The molecule has 0 N–H and O–H groups in total. The van der Waals surface area contributed by atoms with E-state index in [1.807, 2.05) is 6.07 Å². The van der Waals surface area contributed by atoms with Gasteiger partial charge in [-0.2, -0.15) is 0 Å². The van der Waals surface area contributed by atoms with Gasteiger partial charge in [-0.25, -0.2) is 9.97 Å². The van der Waals surface area contributed by atoms with Crippen LogP contribution in [0.5, 0.6) is 0 Å². The maximum Gasteiger partial charge on any atom is 0.160 e. The Morgan fingerprint density at radius 1 is 0.318 bits per heavy atom. The van der Waals surface area contributed by atoms with Gasteiger partial charge in [-0.15, -0.1) is 0 Å². The van der Waals surface area contributed by atoms with E-state index < -0.39 is 5.41 Å². The van der Waals surface area contributed by atoms with E-state index in [0.717, 1.165) is 50.2 Å². The Labute approximate surface area is 383 Å². The van der Waals surface area contributed by atoms with E-state index in [1.165, 1.54) is 60.7 Å². The zero-order valence-electron chi connectivity index (χ0n) is 36.0. The Bertz CT molecular complexity index is 3760. The van der Waals surface area contributed by atoms with Crippen molar-refractivity contribution < 1.29 is 0 Å². The van der Waals surface area contributed by atoms with E-state index in [-0.39, 0.29) is 0 Å². The largest absolute Gasteiger partial charge is 0.309 e. The van der Waals surface area contributed by atoms with Crippen LogP contribution >= 0.6 is 0 Å². The number of aromatic nitrogens is 3. The summed E-state index contributed by atoms with van der Waals surface area (Å²) in [6, 6.07) is 89.9. The monoisotopic (exact) mass is 839 g/mol. The van der Waals surface area contributed by atoms with E-state index in [4.69, 9.17) is 9.97 Å². The highest BCUT2D eigenvalue weighted by atomic mass is 15.0. The molecule has 66 heavy (non-hydrogen) atoms. The number of nitrogens with zero attached hydrogens (tertiary/aromatic N) is 3. The minimum atomic E-state index is -0.444. The first-order chi connectivity index (χ1) is 32.8. The molecule has 0 spiro atoms. The molecule has 308 valence electrons. The molecule has 12 aromatic rings. The highest BCUT2D eigenvalue weighted by Crippen LogP contribution is 2.57. The Balaban J connectivity index is 1.00. The molecule has 0 bridgehead atoms. The number of fused-ring (bicyclic) bond motifs is 7. The van der Waals surface area contributed by atoms with Gasteiger partial charge in [0.1, 0.15) is 0 Å². The fraction of sp³-hybridized carbons (Fsp3) is 0.0159. The SMILES string of the molecule is c1ccc(-c2nc(-c3ccc(-c4ccc5c(c4)-c4ccccc4C5(c4ccccc4)c4ccccc4)c4ccccc34)cc(-c3cccc4c3c3ccccc3n4-c3ccccc3)n2)cc1. The summed E-state index contributed by atoms with van der Waals surface area (Å²) < 4.78 is 2.36. The fourth-order valence-electron chi connectivity index (χ4n) is 10.9. The van der Waals surface area contributed by atoms with Gasteiger partial charge < -0.3 is 4.57 Å². The molecule has 1 aliphatic carbocycles. The number of hydrogen-bond donors (Lipinski definition) is 0. The second-order valence-corrected chi connectivity index (χ2v) is 17.2. The fourth-order valence-corrected chi connectivity index (χ4v) is 10.9. The summed E-state index contributed by atoms with van der Waals surface area (Å²) in [7, 11) is 0. The highest BCUT2D eigenvalue weighted by molar-refractivity contribution is 6.16. The standard InChI is InChI=1S/C63H41N3/c1-5-20-42(21-6-1)62-64-57(41-58(65-62)52-32-19-35-60-61(52)53-31-16-18-34-59(53)66(60)46-26-11-4-12-27-46)51-38-37-47(48-28-13-14-29-49(48)51)43-36-39-56-54(40-43)50-30-15-17-33-55(50)63(56,44-22-7-2-8-23-44)45-24-9-3-10-25-45/h1-41H. The van der Waals surface area contributed by atoms with Crippen molar-refractivity contribution in [2.75, 3.05) is 0 Å². The molecule has 0 saturated heterocycles. The second kappa shape index (κ2) is 15.3. The molecular formula is C63H41N3. The molecule has 3 nitrogen and oxygen atoms in total. The molecule has 0 aliphatic heterocycles. The predicted molar refractivity (Wildman–Crippen MR) is 273 cm³/mol. The lowest BCUT2D eigenvalue weighted by atomic mass is 9.67. The molecule has 1 aliphatic rings. The van der Waals surface area contributed by atoms with Crippen molar-refractivity contribution in [1.82, 2.24) is 14.5 Å². The van der Waals surface area contributed by atoms with Gasteiger partial charge in [-0.05, 0) is 91.7 Å². The first kappa shape index (κ1) is 37.9. The number of rotatable bonds is 7. The average molecular weight is 840 g/mol. The summed E-state index contributed by atoms with van der Waals surface area (Å²) in [5.74, 6) is 0.692. The van der Waals surface area contributed by atoms with Crippen LogP contribution in [-0.2, 0) is 5.41 Å². The van der Waals surface area contributed by atoms with Crippen LogP contribution in [0.4, 0.5) is 0 Å². The van der Waals surface area contributed by atoms with E-state index in [0.29, 0.717) is 5.82 Å². The Morgan fingerprint density at radius 3 is 1.58 bits per heavy atom. The molecule has 0 unspecified atom stereocenters. The zero-order valence-corrected chi connectivity index (χ0v) is 36.0. The van der Waals surface area contributed by atoms with Crippen molar-refractivity contribution in [3.8, 4) is 61.8 Å². The third kappa shape index (κ3) is 5.77. The zero-order chi connectivity index (χ0) is 43.6. The highest BCUT2D eigenvalue weighted by Gasteiger charge is 2.46. The van der Waals surface area contributed by atoms with Crippen LogP contribution in [0, 0.1) is 0 Å². The molecular weight excluding hydrogens is 799 g/mol.